The van der Waals surface area contributed by atoms with Crippen LogP contribution in [0.2, 0.25) is 0 Å². The van der Waals surface area contributed by atoms with Crippen LogP contribution in [-0.4, -0.2) is 12.4 Å². The van der Waals surface area contributed by atoms with E-state index in [9.17, 15) is 0 Å². The highest BCUT2D eigenvalue weighted by Gasteiger charge is 1.60. The van der Waals surface area contributed by atoms with Crippen molar-refractivity contribution in [1.29, 1.82) is 5.41 Å². The molecule has 2 heteroatoms. The lowest BCUT2D eigenvalue weighted by Crippen LogP contribution is -1.63. The van der Waals surface area contributed by atoms with Crippen molar-refractivity contribution >= 4 is 12.4 Å². The first kappa shape index (κ1) is 7.08. The zero-order valence-corrected chi connectivity index (χ0v) is 4.96. The zero-order valence-electron chi connectivity index (χ0n) is 4.96. The van der Waals surface area contributed by atoms with Crippen LogP contribution in [0, 0.1) is 5.41 Å². The van der Waals surface area contributed by atoms with E-state index in [4.69, 9.17) is 5.41 Å². The molecule has 0 aliphatic carbocycles. The van der Waals surface area contributed by atoms with Crippen molar-refractivity contribution in [3.05, 3.63) is 12.3 Å². The van der Waals surface area contributed by atoms with Gasteiger partial charge in [-0.05, 0) is 12.5 Å². The Balaban J connectivity index is 3.26. The summed E-state index contributed by atoms with van der Waals surface area (Å²) in [6, 6.07) is 0. The van der Waals surface area contributed by atoms with E-state index in [0.717, 1.165) is 6.42 Å². The Kier molecular flexibility index (Phi) is 5.38. The molecule has 0 atom stereocenters. The van der Waals surface area contributed by atoms with Crippen LogP contribution in [0.4, 0.5) is 0 Å². The monoisotopic (exact) mass is 110 g/mol. The van der Waals surface area contributed by atoms with Crippen LogP contribution in [-0.2, 0) is 0 Å². The maximum absolute atomic E-state index is 6.55. The summed E-state index contributed by atoms with van der Waals surface area (Å²) in [5, 5.41) is 6.55. The van der Waals surface area contributed by atoms with E-state index in [1.54, 1.807) is 18.5 Å². The fourth-order valence-corrected chi connectivity index (χ4v) is 0.259. The van der Waals surface area contributed by atoms with Crippen LogP contribution in [0.5, 0.6) is 0 Å². The van der Waals surface area contributed by atoms with Crippen LogP contribution in [0.15, 0.2) is 17.3 Å². The van der Waals surface area contributed by atoms with Gasteiger partial charge in [0.25, 0.3) is 0 Å². The van der Waals surface area contributed by atoms with Gasteiger partial charge >= 0.3 is 0 Å². The summed E-state index contributed by atoms with van der Waals surface area (Å²) in [7, 11) is 0. The molecule has 0 aliphatic heterocycles. The van der Waals surface area contributed by atoms with Crippen LogP contribution >= 0.6 is 0 Å². The Morgan fingerprint density at radius 3 is 2.88 bits per heavy atom. The standard InChI is InChI=1S/C6H10N2/c1-2-5-8-6-3-4-7/h3-7H,2H2,1H3/b6-3-,7-4?,8-5?. The minimum Gasteiger partial charge on any atom is -0.309 e. The van der Waals surface area contributed by atoms with Gasteiger partial charge in [0.2, 0.25) is 0 Å². The van der Waals surface area contributed by atoms with E-state index in [2.05, 4.69) is 4.99 Å². The topological polar surface area (TPSA) is 36.2 Å². The van der Waals surface area contributed by atoms with Crippen molar-refractivity contribution in [3.8, 4) is 0 Å². The molecule has 8 heavy (non-hydrogen) atoms. The molecule has 0 aliphatic rings. The first-order valence-corrected chi connectivity index (χ1v) is 2.59. The number of rotatable bonds is 3. The highest BCUT2D eigenvalue weighted by molar-refractivity contribution is 5.68. The van der Waals surface area contributed by atoms with Gasteiger partial charge in [0, 0.05) is 18.6 Å². The molecule has 0 fully saturated rings. The van der Waals surface area contributed by atoms with Gasteiger partial charge in [-0.1, -0.05) is 6.92 Å². The molecule has 0 saturated heterocycles. The third-order valence-electron chi connectivity index (χ3n) is 0.556. The number of hydrogen-bond donors (Lipinski definition) is 1. The Bertz CT molecular complexity index is 103. The lowest BCUT2D eigenvalue weighted by molar-refractivity contribution is 1.31. The molecule has 1 N–H and O–H groups in total. The lowest BCUT2D eigenvalue weighted by atomic mass is 10.5. The average Bonchev–Trinajstić information content (AvgIpc) is 1.81. The molecule has 0 spiro atoms. The Hall–Kier alpha value is -0.920. The first-order chi connectivity index (χ1) is 3.91. The van der Waals surface area contributed by atoms with Gasteiger partial charge in [0.05, 0.1) is 0 Å². The fourth-order valence-electron chi connectivity index (χ4n) is 0.259. The Labute approximate surface area is 49.5 Å². The van der Waals surface area contributed by atoms with Crippen molar-refractivity contribution in [2.75, 3.05) is 0 Å². The van der Waals surface area contributed by atoms with Gasteiger partial charge in [-0.2, -0.15) is 0 Å². The summed E-state index contributed by atoms with van der Waals surface area (Å²) < 4.78 is 0. The lowest BCUT2D eigenvalue weighted by Gasteiger charge is -1.71. The Morgan fingerprint density at radius 1 is 1.62 bits per heavy atom. The van der Waals surface area contributed by atoms with Crippen molar-refractivity contribution < 1.29 is 0 Å². The fraction of sp³-hybridized carbons (Fsp3) is 0.333. The highest BCUT2D eigenvalue weighted by Crippen LogP contribution is 1.71. The maximum Gasteiger partial charge on any atom is 0.0278 e. The molecule has 0 radical (unpaired) electrons. The quantitative estimate of drug-likeness (QED) is 0.536. The molecule has 0 aromatic rings. The van der Waals surface area contributed by atoms with Crippen molar-refractivity contribution in [2.24, 2.45) is 4.99 Å². The van der Waals surface area contributed by atoms with Gasteiger partial charge in [-0.15, -0.1) is 0 Å². The summed E-state index contributed by atoms with van der Waals surface area (Å²) in [4.78, 5) is 3.82. The largest absolute Gasteiger partial charge is 0.309 e. The van der Waals surface area contributed by atoms with E-state index in [1.165, 1.54) is 6.21 Å². The van der Waals surface area contributed by atoms with Crippen LogP contribution < -0.4 is 0 Å². The zero-order chi connectivity index (χ0) is 6.24. The second kappa shape index (κ2) is 6.08. The van der Waals surface area contributed by atoms with Gasteiger partial charge < -0.3 is 5.41 Å². The maximum atomic E-state index is 6.55. The summed E-state index contributed by atoms with van der Waals surface area (Å²) in [5.74, 6) is 0. The molecule has 44 valence electrons. The van der Waals surface area contributed by atoms with Gasteiger partial charge in [-0.25, -0.2) is 0 Å². The number of nitrogens with zero attached hydrogens (tertiary/aromatic N) is 1. The van der Waals surface area contributed by atoms with Crippen LogP contribution in [0.25, 0.3) is 0 Å². The summed E-state index contributed by atoms with van der Waals surface area (Å²) >= 11 is 0. The molecule has 0 bridgehead atoms. The third-order valence-corrected chi connectivity index (χ3v) is 0.556. The van der Waals surface area contributed by atoms with Crippen molar-refractivity contribution in [3.63, 3.8) is 0 Å². The molecule has 0 rings (SSSR count). The Morgan fingerprint density at radius 2 is 2.38 bits per heavy atom. The molecular formula is C6H10N2. The van der Waals surface area contributed by atoms with Crippen LogP contribution in [0.1, 0.15) is 13.3 Å². The number of hydrogen-bond acceptors (Lipinski definition) is 2. The normalized spacial score (nSPS) is 11.1. The summed E-state index contributed by atoms with van der Waals surface area (Å²) in [5.41, 5.74) is 0. The third kappa shape index (κ3) is 5.08. The van der Waals surface area contributed by atoms with Gasteiger partial charge in [0.1, 0.15) is 0 Å². The SMILES string of the molecule is CCC=N/C=C\C=N. The van der Waals surface area contributed by atoms with Gasteiger partial charge in [-0.3, -0.25) is 4.99 Å². The van der Waals surface area contributed by atoms with Crippen molar-refractivity contribution in [2.45, 2.75) is 13.3 Å². The minimum atomic E-state index is 0.947. The highest BCUT2D eigenvalue weighted by atomic mass is 14.7. The predicted molar refractivity (Wildman–Crippen MR) is 36.7 cm³/mol. The molecule has 0 aromatic carbocycles. The van der Waals surface area contributed by atoms with E-state index in [-0.39, 0.29) is 0 Å². The average molecular weight is 110 g/mol. The summed E-state index contributed by atoms with van der Waals surface area (Å²) in [6.45, 7) is 2.02. The van der Waals surface area contributed by atoms with E-state index < -0.39 is 0 Å². The predicted octanol–water partition coefficient (Wildman–Crippen LogP) is 1.63. The minimum absolute atomic E-state index is 0.947. The molecular weight excluding hydrogens is 100 g/mol. The molecule has 0 aromatic heterocycles. The number of aliphatic imine (C=N–C) groups is 1. The molecule has 2 nitrogen and oxygen atoms in total. The van der Waals surface area contributed by atoms with E-state index >= 15 is 0 Å². The van der Waals surface area contributed by atoms with Crippen LogP contribution in [0.3, 0.4) is 0 Å². The summed E-state index contributed by atoms with van der Waals surface area (Å²) in [6.07, 6.45) is 7.11. The van der Waals surface area contributed by atoms with Gasteiger partial charge in [0.15, 0.2) is 0 Å². The molecule has 0 saturated carbocycles. The molecule has 0 unspecified atom stereocenters. The molecule has 0 heterocycles. The smallest absolute Gasteiger partial charge is 0.0278 e. The second-order valence-electron chi connectivity index (χ2n) is 1.25. The van der Waals surface area contributed by atoms with E-state index in [1.807, 2.05) is 6.92 Å². The number of nitrogens with one attached hydrogen (secondary N) is 1. The molecule has 0 amide bonds. The van der Waals surface area contributed by atoms with Crippen molar-refractivity contribution in [1.82, 2.24) is 0 Å². The number of allylic oxidation sites excluding steroid dienone is 1. The van der Waals surface area contributed by atoms with E-state index in [0.29, 0.717) is 0 Å². The first-order valence-electron chi connectivity index (χ1n) is 2.59. The second-order valence-corrected chi connectivity index (χ2v) is 1.25.